The molecule has 0 aliphatic carbocycles. The summed E-state index contributed by atoms with van der Waals surface area (Å²) in [5.74, 6) is 1.90. The number of nitrogens with zero attached hydrogens (tertiary/aromatic N) is 3. The highest BCUT2D eigenvalue weighted by atomic mass is 32.2. The van der Waals surface area contributed by atoms with E-state index in [2.05, 4.69) is 45.5 Å². The number of hydrogen-bond acceptors (Lipinski definition) is 7. The lowest BCUT2D eigenvalue weighted by atomic mass is 10.1. The molecule has 4 aromatic rings. The maximum Gasteiger partial charge on any atom is 0.261 e. The molecule has 2 aliphatic heterocycles. The number of anilines is 1. The van der Waals surface area contributed by atoms with Crippen LogP contribution in [0.25, 0.3) is 22.4 Å². The summed E-state index contributed by atoms with van der Waals surface area (Å²) in [4.78, 5) is 42.5. The molecular formula is C28H32N6O3S2. The molecule has 1 fully saturated rings. The normalized spacial score (nSPS) is 17.2. The van der Waals surface area contributed by atoms with Crippen LogP contribution in [0.1, 0.15) is 33.3 Å². The van der Waals surface area contributed by atoms with Crippen molar-refractivity contribution in [3.63, 3.8) is 0 Å². The Hall–Kier alpha value is -3.28. The van der Waals surface area contributed by atoms with Crippen molar-refractivity contribution in [2.45, 2.75) is 32.9 Å². The number of aromatic amines is 2. The first-order valence-corrected chi connectivity index (χ1v) is 15.6. The van der Waals surface area contributed by atoms with Gasteiger partial charge in [0.25, 0.3) is 11.5 Å². The summed E-state index contributed by atoms with van der Waals surface area (Å²) in [7, 11) is -0.704. The van der Waals surface area contributed by atoms with Crippen molar-refractivity contribution in [3.8, 4) is 11.4 Å². The monoisotopic (exact) mass is 564 g/mol. The first kappa shape index (κ1) is 26.0. The maximum absolute atomic E-state index is 13.2. The minimum atomic E-state index is -0.704. The van der Waals surface area contributed by atoms with Crippen molar-refractivity contribution >= 4 is 44.8 Å². The number of H-pyrrole nitrogens is 2. The maximum atomic E-state index is 13.2. The second-order valence-corrected chi connectivity index (χ2v) is 13.1. The van der Waals surface area contributed by atoms with Crippen LogP contribution in [0.15, 0.2) is 40.6 Å². The molecule has 1 atom stereocenters. The highest BCUT2D eigenvalue weighted by molar-refractivity contribution is 7.85. The third-order valence-corrected chi connectivity index (χ3v) is 9.92. The van der Waals surface area contributed by atoms with Crippen LogP contribution in [-0.4, -0.2) is 78.6 Å². The third-order valence-electron chi connectivity index (χ3n) is 7.60. The number of aromatic nitrogens is 3. The average molecular weight is 565 g/mol. The zero-order valence-corrected chi connectivity index (χ0v) is 23.7. The van der Waals surface area contributed by atoms with Crippen molar-refractivity contribution in [1.29, 1.82) is 0 Å². The average Bonchev–Trinajstić information content (AvgIpc) is 3.59. The predicted molar refractivity (Wildman–Crippen MR) is 157 cm³/mol. The molecule has 1 amide bonds. The number of carbonyl (C=O) groups is 1. The molecule has 1 saturated heterocycles. The van der Waals surface area contributed by atoms with Gasteiger partial charge in [0.1, 0.15) is 11.4 Å². The van der Waals surface area contributed by atoms with E-state index in [0.29, 0.717) is 47.1 Å². The molecule has 11 heteroatoms. The third kappa shape index (κ3) is 5.30. The number of benzene rings is 1. The van der Waals surface area contributed by atoms with Gasteiger partial charge in [-0.15, -0.1) is 11.3 Å². The molecule has 2 aliphatic rings. The Morgan fingerprint density at radius 1 is 1.18 bits per heavy atom. The molecule has 9 nitrogen and oxygen atoms in total. The fraction of sp³-hybridized carbons (Fsp3) is 0.393. The molecule has 1 aromatic carbocycles. The molecule has 6 rings (SSSR count). The molecule has 0 bridgehead atoms. The van der Waals surface area contributed by atoms with Crippen LogP contribution in [-0.2, 0) is 23.8 Å². The molecule has 0 spiro atoms. The second kappa shape index (κ2) is 10.7. The molecule has 0 saturated carbocycles. The molecule has 0 unspecified atom stereocenters. The smallest absolute Gasteiger partial charge is 0.261 e. The van der Waals surface area contributed by atoms with Crippen LogP contribution in [0.3, 0.4) is 0 Å². The number of hydrogen-bond donors (Lipinski definition) is 3. The first-order chi connectivity index (χ1) is 18.9. The lowest BCUT2D eigenvalue weighted by Gasteiger charge is -2.28. The number of rotatable bonds is 8. The Morgan fingerprint density at radius 3 is 2.77 bits per heavy atom. The number of imidazole rings is 1. The van der Waals surface area contributed by atoms with Gasteiger partial charge in [-0.2, -0.15) is 0 Å². The zero-order chi connectivity index (χ0) is 27.1. The van der Waals surface area contributed by atoms with Gasteiger partial charge >= 0.3 is 0 Å². The van der Waals surface area contributed by atoms with E-state index in [-0.39, 0.29) is 17.5 Å². The number of aryl methyl sites for hydroxylation is 1. The standard InChI is InChI=1S/C28H32N6O3S2/c1-17-4-10-38-24(17)13-18(2)30-21-3-5-29-27(35)25(21)26-31-22-14-19-16-34(28(36)20(19)15-23(22)32-26)7-6-33-8-11-39(37)12-9-33/h3-5,10,14-15,18H,6-9,11-13,16H2,1-2H3,(H,31,32)(H2,29,30,35)/t18-/m0/s1. The van der Waals surface area contributed by atoms with Crippen molar-refractivity contribution in [3.05, 3.63) is 67.8 Å². The lowest BCUT2D eigenvalue weighted by Crippen LogP contribution is -2.42. The summed E-state index contributed by atoms with van der Waals surface area (Å²) >= 11 is 1.75. The quantitative estimate of drug-likeness (QED) is 0.303. The van der Waals surface area contributed by atoms with Gasteiger partial charge in [0.05, 0.1) is 16.7 Å². The first-order valence-electron chi connectivity index (χ1n) is 13.3. The van der Waals surface area contributed by atoms with Crippen LogP contribution in [0.2, 0.25) is 0 Å². The summed E-state index contributed by atoms with van der Waals surface area (Å²) < 4.78 is 11.6. The van der Waals surface area contributed by atoms with Gasteiger partial charge in [-0.25, -0.2) is 4.98 Å². The molecule has 5 heterocycles. The predicted octanol–water partition coefficient (Wildman–Crippen LogP) is 3.35. The fourth-order valence-electron chi connectivity index (χ4n) is 5.38. The van der Waals surface area contributed by atoms with Crippen molar-refractivity contribution in [2.75, 3.05) is 43.0 Å². The van der Waals surface area contributed by atoms with Crippen LogP contribution in [0.5, 0.6) is 0 Å². The van der Waals surface area contributed by atoms with E-state index >= 15 is 0 Å². The van der Waals surface area contributed by atoms with Crippen LogP contribution in [0.4, 0.5) is 5.69 Å². The molecule has 39 heavy (non-hydrogen) atoms. The van der Waals surface area contributed by atoms with Gasteiger partial charge < -0.3 is 20.2 Å². The van der Waals surface area contributed by atoms with Gasteiger partial charge in [-0.3, -0.25) is 18.7 Å². The Labute approximate surface area is 233 Å². The number of fused-ring (bicyclic) bond motifs is 2. The largest absolute Gasteiger partial charge is 0.381 e. The van der Waals surface area contributed by atoms with Crippen LogP contribution >= 0.6 is 11.3 Å². The van der Waals surface area contributed by atoms with E-state index in [1.165, 1.54) is 10.4 Å². The second-order valence-electron chi connectivity index (χ2n) is 10.4. The summed E-state index contributed by atoms with van der Waals surface area (Å²) in [5, 5.41) is 5.61. The Kier molecular flexibility index (Phi) is 7.13. The van der Waals surface area contributed by atoms with Crippen molar-refractivity contribution in [2.24, 2.45) is 0 Å². The van der Waals surface area contributed by atoms with Crippen LogP contribution < -0.4 is 10.9 Å². The van der Waals surface area contributed by atoms with Crippen molar-refractivity contribution in [1.82, 2.24) is 24.8 Å². The Bertz CT molecular complexity index is 1610. The Balaban J connectivity index is 1.21. The minimum Gasteiger partial charge on any atom is -0.381 e. The molecule has 3 aromatic heterocycles. The summed E-state index contributed by atoms with van der Waals surface area (Å²) in [5.41, 5.74) is 5.32. The van der Waals surface area contributed by atoms with E-state index in [9.17, 15) is 13.8 Å². The van der Waals surface area contributed by atoms with Crippen LogP contribution in [0, 0.1) is 6.92 Å². The molecular weight excluding hydrogens is 532 g/mol. The van der Waals surface area contributed by atoms with Gasteiger partial charge in [-0.1, -0.05) is 0 Å². The zero-order valence-electron chi connectivity index (χ0n) is 22.1. The van der Waals surface area contributed by atoms with E-state index in [4.69, 9.17) is 4.98 Å². The number of amides is 1. The molecule has 0 radical (unpaired) electrons. The van der Waals surface area contributed by atoms with Gasteiger partial charge in [0, 0.05) is 84.1 Å². The molecule has 204 valence electrons. The molecule has 3 N–H and O–H groups in total. The lowest BCUT2D eigenvalue weighted by molar-refractivity contribution is 0.0760. The fourth-order valence-corrected chi connectivity index (χ4v) is 7.55. The van der Waals surface area contributed by atoms with Gasteiger partial charge in [0.2, 0.25) is 0 Å². The van der Waals surface area contributed by atoms with Crippen molar-refractivity contribution < 1.29 is 9.00 Å². The summed E-state index contributed by atoms with van der Waals surface area (Å²) in [6.07, 6.45) is 2.50. The van der Waals surface area contributed by atoms with E-state index in [0.717, 1.165) is 42.8 Å². The van der Waals surface area contributed by atoms with Gasteiger partial charge in [0.15, 0.2) is 0 Å². The highest BCUT2D eigenvalue weighted by Crippen LogP contribution is 2.30. The van der Waals surface area contributed by atoms with E-state index < -0.39 is 10.8 Å². The number of thiophene rings is 1. The number of carbonyl (C=O) groups excluding carboxylic acids is 1. The van der Waals surface area contributed by atoms with E-state index in [1.54, 1.807) is 17.5 Å². The SMILES string of the molecule is Cc1ccsc1C[C@H](C)Nc1cc[nH]c(=O)c1-c1nc2cc3c(cc2[nH]1)CN(CCN1CCS(=O)CC1)C3=O. The highest BCUT2D eigenvalue weighted by Gasteiger charge is 2.29. The minimum absolute atomic E-state index is 0.00893. The topological polar surface area (TPSA) is 114 Å². The summed E-state index contributed by atoms with van der Waals surface area (Å²) in [6.45, 7) is 7.84. The number of nitrogens with one attached hydrogen (secondary N) is 3. The van der Waals surface area contributed by atoms with Gasteiger partial charge in [-0.05, 0) is 54.6 Å². The Morgan fingerprint density at radius 2 is 2.00 bits per heavy atom. The summed E-state index contributed by atoms with van der Waals surface area (Å²) in [6, 6.07) is 7.93. The van der Waals surface area contributed by atoms with E-state index in [1.807, 2.05) is 23.1 Å². The number of pyridine rings is 1.